The lowest BCUT2D eigenvalue weighted by Gasteiger charge is -2.46. The van der Waals surface area contributed by atoms with Crippen LogP contribution < -0.4 is 20.1 Å². The Morgan fingerprint density at radius 1 is 1.08 bits per heavy atom. The molecule has 1 saturated heterocycles. The molecule has 2 fully saturated rings. The maximum absolute atomic E-state index is 13.7. The molecule has 2 amide bonds. The first-order valence-corrected chi connectivity index (χ1v) is 14.4. The molecule has 0 radical (unpaired) electrons. The van der Waals surface area contributed by atoms with Crippen LogP contribution in [0.1, 0.15) is 104 Å². The average Bonchev–Trinajstić information content (AvgIpc) is 3.70. The van der Waals surface area contributed by atoms with E-state index in [0.29, 0.717) is 49.0 Å². The van der Waals surface area contributed by atoms with Crippen molar-refractivity contribution in [2.24, 2.45) is 5.92 Å². The van der Waals surface area contributed by atoms with Crippen LogP contribution in [0.2, 0.25) is 0 Å². The van der Waals surface area contributed by atoms with Crippen molar-refractivity contribution in [2.75, 3.05) is 6.61 Å². The molecule has 6 atom stereocenters. The Hall–Kier alpha value is -3.55. The molecule has 8 heteroatoms. The molecular formula is C31H36N4O4. The van der Waals surface area contributed by atoms with E-state index < -0.39 is 5.54 Å². The zero-order valence-corrected chi connectivity index (χ0v) is 22.6. The number of fused-ring (bicyclic) bond motifs is 4. The third-order valence-corrected chi connectivity index (χ3v) is 9.61. The second kappa shape index (κ2) is 9.00. The van der Waals surface area contributed by atoms with Gasteiger partial charge in [-0.15, -0.1) is 0 Å². The van der Waals surface area contributed by atoms with E-state index in [0.717, 1.165) is 42.6 Å². The minimum atomic E-state index is -0.399. The molecule has 5 heterocycles. The van der Waals surface area contributed by atoms with Gasteiger partial charge in [0, 0.05) is 35.1 Å². The molecule has 204 valence electrons. The number of hydrogen-bond acceptors (Lipinski definition) is 5. The fourth-order valence-electron chi connectivity index (χ4n) is 7.23. The van der Waals surface area contributed by atoms with E-state index in [9.17, 15) is 9.59 Å². The summed E-state index contributed by atoms with van der Waals surface area (Å²) in [7, 11) is 0. The summed E-state index contributed by atoms with van der Waals surface area (Å²) in [6, 6.07) is 11.4. The van der Waals surface area contributed by atoms with E-state index in [2.05, 4.69) is 35.8 Å². The van der Waals surface area contributed by atoms with Crippen molar-refractivity contribution in [1.29, 1.82) is 5.41 Å². The highest BCUT2D eigenvalue weighted by Crippen LogP contribution is 2.53. The summed E-state index contributed by atoms with van der Waals surface area (Å²) in [6.45, 7) is 4.61. The highest BCUT2D eigenvalue weighted by atomic mass is 16.5. The summed E-state index contributed by atoms with van der Waals surface area (Å²) < 4.78 is 12.1. The number of carbonyl (C=O) groups excluding carboxylic acids is 2. The Kier molecular flexibility index (Phi) is 5.65. The monoisotopic (exact) mass is 528 g/mol. The molecule has 1 aliphatic carbocycles. The van der Waals surface area contributed by atoms with E-state index in [1.165, 1.54) is 5.56 Å². The summed E-state index contributed by atoms with van der Waals surface area (Å²) in [5.74, 6) is 2.52. The summed E-state index contributed by atoms with van der Waals surface area (Å²) >= 11 is 0. The Balaban J connectivity index is 1.31. The van der Waals surface area contributed by atoms with Gasteiger partial charge in [-0.3, -0.25) is 19.9 Å². The first-order chi connectivity index (χ1) is 18.8. The van der Waals surface area contributed by atoms with Gasteiger partial charge in [0.15, 0.2) is 5.96 Å². The van der Waals surface area contributed by atoms with Gasteiger partial charge in [-0.25, -0.2) is 0 Å². The molecule has 0 aromatic heterocycles. The van der Waals surface area contributed by atoms with Crippen molar-refractivity contribution >= 4 is 17.8 Å². The van der Waals surface area contributed by atoms with E-state index >= 15 is 0 Å². The van der Waals surface area contributed by atoms with Crippen molar-refractivity contribution in [3.05, 3.63) is 58.7 Å². The predicted octanol–water partition coefficient (Wildman–Crippen LogP) is 4.96. The van der Waals surface area contributed by atoms with E-state index in [4.69, 9.17) is 14.9 Å². The van der Waals surface area contributed by atoms with Gasteiger partial charge in [0.1, 0.15) is 11.5 Å². The highest BCUT2D eigenvalue weighted by molar-refractivity contribution is 6.00. The fraction of sp³-hybridized carbons (Fsp3) is 0.516. The Morgan fingerprint density at radius 2 is 1.92 bits per heavy atom. The van der Waals surface area contributed by atoms with Gasteiger partial charge < -0.3 is 20.1 Å². The van der Waals surface area contributed by atoms with Gasteiger partial charge in [0.05, 0.1) is 31.2 Å². The van der Waals surface area contributed by atoms with Gasteiger partial charge in [-0.2, -0.15) is 0 Å². The van der Waals surface area contributed by atoms with Crippen LogP contribution in [0.4, 0.5) is 0 Å². The van der Waals surface area contributed by atoms with E-state index in [-0.39, 0.29) is 36.0 Å². The fourth-order valence-corrected chi connectivity index (χ4v) is 7.23. The van der Waals surface area contributed by atoms with Gasteiger partial charge in [0.2, 0.25) is 5.91 Å². The predicted molar refractivity (Wildman–Crippen MR) is 146 cm³/mol. The maximum Gasteiger partial charge on any atom is 0.251 e. The van der Waals surface area contributed by atoms with Crippen molar-refractivity contribution in [3.8, 4) is 11.5 Å². The molecule has 0 spiro atoms. The first kappa shape index (κ1) is 24.5. The molecule has 39 heavy (non-hydrogen) atoms. The lowest BCUT2D eigenvalue weighted by Crippen LogP contribution is -2.63. The molecule has 2 unspecified atom stereocenters. The molecule has 8 nitrogen and oxygen atoms in total. The summed E-state index contributed by atoms with van der Waals surface area (Å²) in [5.41, 5.74) is 3.26. The van der Waals surface area contributed by atoms with Crippen molar-refractivity contribution in [2.45, 2.75) is 88.4 Å². The molecule has 2 aromatic carbocycles. The topological polar surface area (TPSA) is 104 Å². The average molecular weight is 529 g/mol. The summed E-state index contributed by atoms with van der Waals surface area (Å²) in [4.78, 5) is 28.9. The minimum Gasteiger partial charge on any atom is -0.493 e. The molecule has 8 rings (SSSR count). The van der Waals surface area contributed by atoms with Crippen LogP contribution in [0.5, 0.6) is 11.5 Å². The number of nitrogens with zero attached hydrogens (tertiary/aromatic N) is 1. The number of nitrogens with one attached hydrogen (secondary N) is 3. The number of guanidine groups is 1. The molecular weight excluding hydrogens is 492 g/mol. The van der Waals surface area contributed by atoms with E-state index in [1.807, 2.05) is 19.1 Å². The van der Waals surface area contributed by atoms with Crippen LogP contribution in [0.25, 0.3) is 0 Å². The maximum atomic E-state index is 13.7. The van der Waals surface area contributed by atoms with Crippen molar-refractivity contribution in [1.82, 2.24) is 15.5 Å². The molecule has 3 N–H and O–H groups in total. The number of amides is 2. The van der Waals surface area contributed by atoms with Crippen LogP contribution >= 0.6 is 0 Å². The van der Waals surface area contributed by atoms with Crippen molar-refractivity contribution < 1.29 is 19.1 Å². The summed E-state index contributed by atoms with van der Waals surface area (Å²) in [6.07, 6.45) is 5.44. The number of benzene rings is 2. The Bertz CT molecular complexity index is 1350. The van der Waals surface area contributed by atoms with Gasteiger partial charge in [-0.1, -0.05) is 13.0 Å². The third kappa shape index (κ3) is 4.15. The lowest BCUT2D eigenvalue weighted by molar-refractivity contribution is -0.133. The zero-order valence-electron chi connectivity index (χ0n) is 22.6. The number of hydrogen-bond donors (Lipinski definition) is 3. The van der Waals surface area contributed by atoms with Crippen LogP contribution in [-0.2, 0) is 4.79 Å². The van der Waals surface area contributed by atoms with Gasteiger partial charge in [-0.05, 0) is 80.3 Å². The summed E-state index contributed by atoms with van der Waals surface area (Å²) in [5, 5.41) is 15.7. The van der Waals surface area contributed by atoms with Crippen LogP contribution in [0.15, 0.2) is 36.4 Å². The molecule has 5 aliphatic heterocycles. The number of ether oxygens (including phenoxy) is 2. The lowest BCUT2D eigenvalue weighted by atomic mass is 9.83. The largest absolute Gasteiger partial charge is 0.493 e. The number of rotatable bonds is 1. The van der Waals surface area contributed by atoms with Gasteiger partial charge >= 0.3 is 0 Å². The second-order valence-electron chi connectivity index (χ2n) is 12.1. The number of carbonyl (C=O) groups is 2. The van der Waals surface area contributed by atoms with Crippen LogP contribution in [-0.4, -0.2) is 40.9 Å². The normalized spacial score (nSPS) is 33.0. The van der Waals surface area contributed by atoms with Gasteiger partial charge in [0.25, 0.3) is 5.91 Å². The van der Waals surface area contributed by atoms with Crippen LogP contribution in [0.3, 0.4) is 0 Å². The Labute approximate surface area is 228 Å². The molecule has 2 aromatic rings. The standard InChI is InChI=1S/C31H36N4O4/c1-3-31-10-8-19-13-21(19)18-4-7-27-22(14-18)24(12-17(2)39-27)33-29(37)20-5-6-26-23(15-20)25(9-11-38-26)35(28(36)16-31)30(32)34-31/h4-7,14-15,17,19,21,24-25H,3,8-13,16H2,1-2H3,(H2,32,34)(H,33,37)/t17-,19?,21?,24+,25-,31-/m1/s1. The Morgan fingerprint density at radius 3 is 2.74 bits per heavy atom. The van der Waals surface area contributed by atoms with Crippen LogP contribution in [0, 0.1) is 11.3 Å². The molecule has 1 saturated carbocycles. The first-order valence-electron chi connectivity index (χ1n) is 14.4. The molecule has 6 bridgehead atoms. The smallest absolute Gasteiger partial charge is 0.251 e. The molecule has 6 aliphatic rings. The zero-order chi connectivity index (χ0) is 26.9. The minimum absolute atomic E-state index is 0.000367. The second-order valence-corrected chi connectivity index (χ2v) is 12.1. The van der Waals surface area contributed by atoms with E-state index in [1.54, 1.807) is 11.0 Å². The SMILES string of the molecule is CC[C@]12CCC3CC3c3ccc4c(c3)[C@H](C[C@@H](C)O4)NC(=O)c3ccc4c(c3)[C@@H](CCO4)N(C(=N)N1)C(=O)C2. The quantitative estimate of drug-likeness (QED) is 0.486. The van der Waals surface area contributed by atoms with Crippen molar-refractivity contribution in [3.63, 3.8) is 0 Å². The third-order valence-electron chi connectivity index (χ3n) is 9.61. The highest BCUT2D eigenvalue weighted by Gasteiger charge is 2.46.